The van der Waals surface area contributed by atoms with Gasteiger partial charge < -0.3 is 5.32 Å². The van der Waals surface area contributed by atoms with Crippen molar-refractivity contribution >= 4 is 21.8 Å². The smallest absolute Gasteiger partial charge is 0.266 e. The van der Waals surface area contributed by atoms with E-state index in [0.29, 0.717) is 40.8 Å². The highest BCUT2D eigenvalue weighted by molar-refractivity contribution is 7.85. The summed E-state index contributed by atoms with van der Waals surface area (Å²) >= 11 is 0. The van der Waals surface area contributed by atoms with Gasteiger partial charge in [0, 0.05) is 25.8 Å². The van der Waals surface area contributed by atoms with Gasteiger partial charge in [0.25, 0.3) is 10.1 Å². The van der Waals surface area contributed by atoms with E-state index in [1.165, 1.54) is 38.5 Å². The van der Waals surface area contributed by atoms with Crippen molar-refractivity contribution in [1.82, 2.24) is 5.32 Å². The molecule has 0 aromatic carbocycles. The highest BCUT2D eigenvalue weighted by Gasteiger charge is 2.60. The zero-order valence-corrected chi connectivity index (χ0v) is 21.5. The fourth-order valence-electron chi connectivity index (χ4n) is 8.99. The van der Waals surface area contributed by atoms with Gasteiger partial charge in [-0.1, -0.05) is 20.8 Å². The summed E-state index contributed by atoms with van der Waals surface area (Å²) in [5.74, 6) is 3.93. The van der Waals surface area contributed by atoms with Gasteiger partial charge in [-0.05, 0) is 97.7 Å². The Morgan fingerprint density at radius 2 is 1.82 bits per heavy atom. The monoisotopic (exact) mass is 481 g/mol. The predicted octanol–water partition coefficient (Wildman–Crippen LogP) is 4.63. The van der Waals surface area contributed by atoms with Gasteiger partial charge in [0.15, 0.2) is 0 Å². The zero-order valence-electron chi connectivity index (χ0n) is 20.6. The lowest BCUT2D eigenvalue weighted by Crippen LogP contribution is -2.53. The lowest BCUT2D eigenvalue weighted by atomic mass is 9.44. The molecule has 8 unspecified atom stereocenters. The van der Waals surface area contributed by atoms with Crippen LogP contribution < -0.4 is 5.32 Å². The van der Waals surface area contributed by atoms with Gasteiger partial charge in [0.1, 0.15) is 5.78 Å². The molecule has 1 amide bonds. The number of hydrogen-bond donors (Lipinski definition) is 2. The highest BCUT2D eigenvalue weighted by atomic mass is 32.2. The van der Waals surface area contributed by atoms with Gasteiger partial charge in [0.2, 0.25) is 5.91 Å². The molecule has 2 N–H and O–H groups in total. The fraction of sp³-hybridized carbons (Fsp3) is 0.923. The SMILES string of the molecule is CC(CCC(=O)NCCS(=O)(=O)O)C1CCC2C3CCC4CC(=O)CCC4(C)C3CCC12C. The number of carbonyl (C=O) groups excluding carboxylic acids is 2. The summed E-state index contributed by atoms with van der Waals surface area (Å²) < 4.78 is 30.5. The molecular formula is C26H43NO5S. The van der Waals surface area contributed by atoms with Gasteiger partial charge in [-0.2, -0.15) is 8.42 Å². The fourth-order valence-corrected chi connectivity index (χ4v) is 9.35. The molecule has 6 nitrogen and oxygen atoms in total. The van der Waals surface area contributed by atoms with E-state index in [4.69, 9.17) is 4.55 Å². The molecule has 4 rings (SSSR count). The maximum atomic E-state index is 12.2. The molecule has 7 heteroatoms. The summed E-state index contributed by atoms with van der Waals surface area (Å²) in [4.78, 5) is 24.3. The molecular weight excluding hydrogens is 438 g/mol. The first-order chi connectivity index (χ1) is 15.4. The summed E-state index contributed by atoms with van der Waals surface area (Å²) in [6, 6.07) is 0. The summed E-state index contributed by atoms with van der Waals surface area (Å²) in [6.07, 6.45) is 11.5. The van der Waals surface area contributed by atoms with Gasteiger partial charge in [-0.15, -0.1) is 0 Å². The molecule has 0 spiro atoms. The number of amides is 1. The first-order valence-corrected chi connectivity index (χ1v) is 14.8. The molecule has 0 aliphatic heterocycles. The van der Waals surface area contributed by atoms with E-state index in [0.717, 1.165) is 43.4 Å². The van der Waals surface area contributed by atoms with Crippen LogP contribution in [0.2, 0.25) is 0 Å². The lowest BCUT2D eigenvalue weighted by molar-refractivity contribution is -0.140. The third-order valence-electron chi connectivity index (χ3n) is 10.8. The molecule has 33 heavy (non-hydrogen) atoms. The number of carbonyl (C=O) groups is 2. The largest absolute Gasteiger partial charge is 0.355 e. The molecule has 188 valence electrons. The Hall–Kier alpha value is -0.950. The van der Waals surface area contributed by atoms with E-state index < -0.39 is 15.9 Å². The van der Waals surface area contributed by atoms with Crippen LogP contribution >= 0.6 is 0 Å². The van der Waals surface area contributed by atoms with E-state index in [9.17, 15) is 18.0 Å². The molecule has 0 bridgehead atoms. The Labute approximate surface area is 199 Å². The lowest BCUT2D eigenvalue weighted by Gasteiger charge is -2.60. The van der Waals surface area contributed by atoms with Crippen molar-refractivity contribution in [1.29, 1.82) is 0 Å². The second-order valence-electron chi connectivity index (χ2n) is 12.3. The van der Waals surface area contributed by atoms with Crippen molar-refractivity contribution < 1.29 is 22.6 Å². The van der Waals surface area contributed by atoms with Crippen LogP contribution in [0.3, 0.4) is 0 Å². The number of hydrogen-bond acceptors (Lipinski definition) is 4. The predicted molar refractivity (Wildman–Crippen MR) is 128 cm³/mol. The molecule has 4 aliphatic carbocycles. The van der Waals surface area contributed by atoms with E-state index in [2.05, 4.69) is 26.1 Å². The molecule has 4 saturated carbocycles. The second-order valence-corrected chi connectivity index (χ2v) is 13.9. The van der Waals surface area contributed by atoms with Crippen molar-refractivity contribution in [3.8, 4) is 0 Å². The first kappa shape index (κ1) is 25.2. The summed E-state index contributed by atoms with van der Waals surface area (Å²) in [7, 11) is -4.04. The van der Waals surface area contributed by atoms with Gasteiger partial charge in [-0.3, -0.25) is 14.1 Å². The zero-order chi connectivity index (χ0) is 24.0. The third kappa shape index (κ3) is 4.91. The average Bonchev–Trinajstić information content (AvgIpc) is 3.09. The summed E-state index contributed by atoms with van der Waals surface area (Å²) in [6.45, 7) is 7.27. The summed E-state index contributed by atoms with van der Waals surface area (Å²) in [5.41, 5.74) is 0.692. The normalized spacial score (nSPS) is 41.6. The molecule has 8 atom stereocenters. The van der Waals surface area contributed by atoms with Crippen LogP contribution in [-0.4, -0.2) is 37.0 Å². The average molecular weight is 482 g/mol. The maximum Gasteiger partial charge on any atom is 0.266 e. The highest BCUT2D eigenvalue weighted by Crippen LogP contribution is 2.68. The van der Waals surface area contributed by atoms with E-state index >= 15 is 0 Å². The van der Waals surface area contributed by atoms with Crippen molar-refractivity contribution in [3.05, 3.63) is 0 Å². The minimum atomic E-state index is -4.04. The van der Waals surface area contributed by atoms with Gasteiger partial charge in [0.05, 0.1) is 5.75 Å². The molecule has 0 radical (unpaired) electrons. The standard InChI is InChI=1S/C26H43NO5S/c1-17(4-9-24(29)27-14-15-33(30,31)32)21-7-8-22-20-6-5-18-16-19(28)10-12-25(18,2)23(20)11-13-26(21,22)3/h17-18,20-23H,4-16H2,1-3H3,(H,27,29)(H,30,31,32). The van der Waals surface area contributed by atoms with Crippen LogP contribution in [0.15, 0.2) is 0 Å². The number of ketones is 1. The maximum absolute atomic E-state index is 12.2. The topological polar surface area (TPSA) is 101 Å². The Morgan fingerprint density at radius 1 is 1.09 bits per heavy atom. The quantitative estimate of drug-likeness (QED) is 0.516. The van der Waals surface area contributed by atoms with E-state index in [-0.39, 0.29) is 12.5 Å². The Balaban J connectivity index is 1.35. The van der Waals surface area contributed by atoms with Crippen LogP contribution in [0.5, 0.6) is 0 Å². The van der Waals surface area contributed by atoms with E-state index in [1.54, 1.807) is 0 Å². The van der Waals surface area contributed by atoms with Crippen molar-refractivity contribution in [2.75, 3.05) is 12.3 Å². The molecule has 4 aliphatic rings. The minimum absolute atomic E-state index is 0.0380. The molecule has 0 heterocycles. The molecule has 0 saturated heterocycles. The number of fused-ring (bicyclic) bond motifs is 5. The Kier molecular flexibility index (Phi) is 7.05. The van der Waals surface area contributed by atoms with Crippen LogP contribution in [0.1, 0.15) is 91.4 Å². The van der Waals surface area contributed by atoms with Crippen LogP contribution in [-0.2, 0) is 19.7 Å². The molecule has 0 aromatic heterocycles. The van der Waals surface area contributed by atoms with Crippen molar-refractivity contribution in [2.45, 2.75) is 91.4 Å². The van der Waals surface area contributed by atoms with E-state index in [1.807, 2.05) is 0 Å². The minimum Gasteiger partial charge on any atom is -0.355 e. The summed E-state index contributed by atoms with van der Waals surface area (Å²) in [5, 5.41) is 2.62. The number of rotatable bonds is 7. The number of Topliss-reactive ketones (excluding diaryl/α,β-unsaturated/α-hetero) is 1. The molecule has 0 aromatic rings. The van der Waals surface area contributed by atoms with Gasteiger partial charge in [-0.25, -0.2) is 0 Å². The van der Waals surface area contributed by atoms with Gasteiger partial charge >= 0.3 is 0 Å². The van der Waals surface area contributed by atoms with Crippen LogP contribution in [0, 0.1) is 46.3 Å². The Bertz CT molecular complexity index is 872. The Morgan fingerprint density at radius 3 is 2.55 bits per heavy atom. The van der Waals surface area contributed by atoms with Crippen LogP contribution in [0.25, 0.3) is 0 Å². The first-order valence-electron chi connectivity index (χ1n) is 13.2. The second kappa shape index (κ2) is 9.25. The molecule has 4 fully saturated rings. The number of nitrogens with one attached hydrogen (secondary N) is 1. The van der Waals surface area contributed by atoms with Crippen molar-refractivity contribution in [3.63, 3.8) is 0 Å². The van der Waals surface area contributed by atoms with Crippen LogP contribution in [0.4, 0.5) is 0 Å². The third-order valence-corrected chi connectivity index (χ3v) is 11.5. The van der Waals surface area contributed by atoms with Crippen molar-refractivity contribution in [2.24, 2.45) is 46.3 Å².